The number of hydrogen-bond acceptors (Lipinski definition) is 3. The Morgan fingerprint density at radius 1 is 1.29 bits per heavy atom. The second kappa shape index (κ2) is 5.46. The Balaban J connectivity index is 1.83. The molecular weight excluding hydrogens is 284 g/mol. The molecule has 1 unspecified atom stereocenters. The largest absolute Gasteiger partial charge is 0.346 e. The number of aryl methyl sites for hydroxylation is 1. The van der Waals surface area contributed by atoms with Crippen LogP contribution in [0.4, 0.5) is 0 Å². The van der Waals surface area contributed by atoms with Gasteiger partial charge < -0.3 is 4.57 Å². The van der Waals surface area contributed by atoms with Crippen molar-refractivity contribution >= 4 is 20.7 Å². The fourth-order valence-electron chi connectivity index (χ4n) is 3.24. The first kappa shape index (κ1) is 14.6. The van der Waals surface area contributed by atoms with Crippen molar-refractivity contribution < 1.29 is 8.42 Å². The summed E-state index contributed by atoms with van der Waals surface area (Å²) in [6.45, 7) is 4.32. The highest BCUT2D eigenvalue weighted by Crippen LogP contribution is 2.21. The van der Waals surface area contributed by atoms with Crippen molar-refractivity contribution in [3.63, 3.8) is 0 Å². The van der Waals surface area contributed by atoms with E-state index in [0.717, 1.165) is 13.1 Å². The molecule has 4 nitrogen and oxygen atoms in total. The number of benzene rings is 1. The Morgan fingerprint density at radius 2 is 2.05 bits per heavy atom. The number of sulfone groups is 1. The summed E-state index contributed by atoms with van der Waals surface area (Å²) in [5, 5.41) is 1.24. The summed E-state index contributed by atoms with van der Waals surface area (Å²) in [5.74, 6) is 0.798. The Bertz CT molecular complexity index is 749. The van der Waals surface area contributed by atoms with Crippen LogP contribution in [0.5, 0.6) is 0 Å². The molecule has 1 aliphatic rings. The van der Waals surface area contributed by atoms with Crippen molar-refractivity contribution in [2.45, 2.75) is 13.5 Å². The summed E-state index contributed by atoms with van der Waals surface area (Å²) in [6.07, 6.45) is 0. The molecule has 1 aromatic heterocycles. The van der Waals surface area contributed by atoms with Gasteiger partial charge in [0.15, 0.2) is 9.84 Å². The van der Waals surface area contributed by atoms with Crippen molar-refractivity contribution in [1.29, 1.82) is 0 Å². The molecule has 0 aliphatic carbocycles. The van der Waals surface area contributed by atoms with E-state index in [1.54, 1.807) is 0 Å². The zero-order valence-electron chi connectivity index (χ0n) is 12.6. The quantitative estimate of drug-likeness (QED) is 0.853. The van der Waals surface area contributed by atoms with Gasteiger partial charge in [0.25, 0.3) is 0 Å². The minimum Gasteiger partial charge on any atom is -0.346 e. The number of aromatic nitrogens is 1. The van der Waals surface area contributed by atoms with Gasteiger partial charge in [0.05, 0.1) is 11.5 Å². The van der Waals surface area contributed by atoms with Crippen LogP contribution in [0, 0.1) is 5.92 Å². The number of rotatable bonds is 2. The fourth-order valence-corrected chi connectivity index (χ4v) is 4.92. The number of para-hydroxylation sites is 1. The first-order chi connectivity index (χ1) is 9.94. The Labute approximate surface area is 126 Å². The third-order valence-corrected chi connectivity index (χ3v) is 6.14. The van der Waals surface area contributed by atoms with Crippen LogP contribution in [0.15, 0.2) is 30.3 Å². The molecule has 0 radical (unpaired) electrons. The van der Waals surface area contributed by atoms with Crippen LogP contribution in [0.2, 0.25) is 0 Å². The average Bonchev–Trinajstić information content (AvgIpc) is 2.65. The van der Waals surface area contributed by atoms with Gasteiger partial charge in [-0.2, -0.15) is 0 Å². The minimum absolute atomic E-state index is 0.201. The first-order valence-corrected chi connectivity index (χ1v) is 9.23. The molecule has 1 saturated heterocycles. The van der Waals surface area contributed by atoms with Gasteiger partial charge in [0, 0.05) is 37.9 Å². The van der Waals surface area contributed by atoms with Crippen molar-refractivity contribution in [3.05, 3.63) is 36.0 Å². The van der Waals surface area contributed by atoms with Gasteiger partial charge in [-0.1, -0.05) is 25.1 Å². The van der Waals surface area contributed by atoms with Crippen LogP contribution >= 0.6 is 0 Å². The molecule has 114 valence electrons. The van der Waals surface area contributed by atoms with Gasteiger partial charge in [-0.15, -0.1) is 0 Å². The van der Waals surface area contributed by atoms with E-state index in [2.05, 4.69) is 34.7 Å². The third kappa shape index (κ3) is 3.14. The molecule has 0 saturated carbocycles. The highest BCUT2D eigenvalue weighted by Gasteiger charge is 2.24. The smallest absolute Gasteiger partial charge is 0.151 e. The van der Waals surface area contributed by atoms with Crippen LogP contribution in [0.3, 0.4) is 0 Å². The molecule has 2 aromatic rings. The van der Waals surface area contributed by atoms with E-state index in [4.69, 9.17) is 0 Å². The standard InChI is InChI=1S/C16H22N2O2S/c1-13-10-18(7-8-21(19,20)12-13)11-15-9-14-5-3-4-6-16(14)17(15)2/h3-6,9,13H,7-8,10-12H2,1-2H3. The predicted octanol–water partition coefficient (Wildman–Crippen LogP) is 2.04. The molecule has 1 atom stereocenters. The lowest BCUT2D eigenvalue weighted by molar-refractivity contribution is 0.252. The van der Waals surface area contributed by atoms with Gasteiger partial charge in [-0.3, -0.25) is 4.90 Å². The van der Waals surface area contributed by atoms with Crippen molar-refractivity contribution in [1.82, 2.24) is 9.47 Å². The first-order valence-electron chi connectivity index (χ1n) is 7.41. The van der Waals surface area contributed by atoms with Crippen LogP contribution < -0.4 is 0 Å². The maximum absolute atomic E-state index is 11.9. The van der Waals surface area contributed by atoms with Crippen LogP contribution in [0.25, 0.3) is 10.9 Å². The monoisotopic (exact) mass is 306 g/mol. The molecule has 0 spiro atoms. The number of fused-ring (bicyclic) bond motifs is 1. The summed E-state index contributed by atoms with van der Waals surface area (Å²) in [5.41, 5.74) is 2.46. The van der Waals surface area contributed by atoms with Gasteiger partial charge >= 0.3 is 0 Å². The van der Waals surface area contributed by atoms with E-state index in [1.165, 1.54) is 16.6 Å². The Hall–Kier alpha value is -1.33. The molecule has 2 heterocycles. The normalized spacial score (nSPS) is 23.2. The molecular formula is C16H22N2O2S. The summed E-state index contributed by atoms with van der Waals surface area (Å²) in [4.78, 5) is 2.27. The van der Waals surface area contributed by atoms with E-state index in [0.29, 0.717) is 12.3 Å². The highest BCUT2D eigenvalue weighted by molar-refractivity contribution is 7.91. The summed E-state index contributed by atoms with van der Waals surface area (Å²) < 4.78 is 25.9. The second-order valence-corrected chi connectivity index (χ2v) is 8.44. The second-order valence-electron chi connectivity index (χ2n) is 6.21. The van der Waals surface area contributed by atoms with E-state index < -0.39 is 9.84 Å². The van der Waals surface area contributed by atoms with E-state index in [9.17, 15) is 8.42 Å². The maximum atomic E-state index is 11.9. The zero-order valence-corrected chi connectivity index (χ0v) is 13.4. The van der Waals surface area contributed by atoms with Gasteiger partial charge in [0.2, 0.25) is 0 Å². The molecule has 0 bridgehead atoms. The number of nitrogens with zero attached hydrogens (tertiary/aromatic N) is 2. The van der Waals surface area contributed by atoms with Crippen molar-refractivity contribution in [2.75, 3.05) is 24.6 Å². The third-order valence-electron chi connectivity index (χ3n) is 4.26. The van der Waals surface area contributed by atoms with Gasteiger partial charge in [0.1, 0.15) is 0 Å². The van der Waals surface area contributed by atoms with E-state index in [1.807, 2.05) is 19.1 Å². The average molecular weight is 306 g/mol. The minimum atomic E-state index is -2.88. The zero-order chi connectivity index (χ0) is 15.0. The lowest BCUT2D eigenvalue weighted by Crippen LogP contribution is -2.29. The van der Waals surface area contributed by atoms with Gasteiger partial charge in [-0.05, 0) is 23.4 Å². The Kier molecular flexibility index (Phi) is 3.80. The highest BCUT2D eigenvalue weighted by atomic mass is 32.2. The van der Waals surface area contributed by atoms with Crippen LogP contribution in [0.1, 0.15) is 12.6 Å². The molecule has 3 rings (SSSR count). The van der Waals surface area contributed by atoms with E-state index >= 15 is 0 Å². The van der Waals surface area contributed by atoms with Gasteiger partial charge in [-0.25, -0.2) is 8.42 Å². The summed E-state index contributed by atoms with van der Waals surface area (Å²) in [7, 11) is -0.798. The molecule has 1 aromatic carbocycles. The molecule has 1 fully saturated rings. The number of hydrogen-bond donors (Lipinski definition) is 0. The van der Waals surface area contributed by atoms with Crippen molar-refractivity contribution in [3.8, 4) is 0 Å². The fraction of sp³-hybridized carbons (Fsp3) is 0.500. The summed E-state index contributed by atoms with van der Waals surface area (Å²) >= 11 is 0. The molecule has 5 heteroatoms. The Morgan fingerprint density at radius 3 is 2.81 bits per heavy atom. The molecule has 0 amide bonds. The topological polar surface area (TPSA) is 42.3 Å². The molecule has 0 N–H and O–H groups in total. The lowest BCUT2D eigenvalue weighted by Gasteiger charge is -2.21. The lowest BCUT2D eigenvalue weighted by atomic mass is 10.2. The van der Waals surface area contributed by atoms with Crippen LogP contribution in [-0.4, -0.2) is 42.5 Å². The van der Waals surface area contributed by atoms with E-state index in [-0.39, 0.29) is 11.7 Å². The SMILES string of the molecule is CC1CN(Cc2cc3ccccc3n2C)CCS(=O)(=O)C1. The predicted molar refractivity (Wildman–Crippen MR) is 86.0 cm³/mol. The summed E-state index contributed by atoms with van der Waals surface area (Å²) in [6, 6.07) is 10.5. The molecule has 21 heavy (non-hydrogen) atoms. The maximum Gasteiger partial charge on any atom is 0.151 e. The molecule has 1 aliphatic heterocycles. The van der Waals surface area contributed by atoms with Crippen molar-refractivity contribution in [2.24, 2.45) is 13.0 Å². The van der Waals surface area contributed by atoms with Crippen LogP contribution in [-0.2, 0) is 23.4 Å².